The van der Waals surface area contributed by atoms with Crippen LogP contribution in [0.5, 0.6) is 5.75 Å². The minimum atomic E-state index is -0.0480. The molecule has 120 valence electrons. The Kier molecular flexibility index (Phi) is 3.31. The van der Waals surface area contributed by atoms with Crippen LogP contribution in [-0.2, 0) is 11.2 Å². The summed E-state index contributed by atoms with van der Waals surface area (Å²) in [6.07, 6.45) is 4.48. The van der Waals surface area contributed by atoms with Crippen molar-refractivity contribution in [1.29, 1.82) is 0 Å². The number of nitrogens with one attached hydrogen (secondary N) is 1. The maximum absolute atomic E-state index is 6.24. The number of rotatable bonds is 1. The molecule has 0 bridgehead atoms. The normalized spacial score (nSPS) is 37.4. The summed E-state index contributed by atoms with van der Waals surface area (Å²) in [5, 5.41) is 3.50. The smallest absolute Gasteiger partial charge is 0.142 e. The van der Waals surface area contributed by atoms with E-state index in [4.69, 9.17) is 9.47 Å². The summed E-state index contributed by atoms with van der Waals surface area (Å²) in [5.41, 5.74) is 1.25. The number of fused-ring (bicyclic) bond motifs is 1. The Morgan fingerprint density at radius 1 is 1.27 bits per heavy atom. The molecule has 3 aliphatic rings. The van der Waals surface area contributed by atoms with Crippen LogP contribution in [0.15, 0.2) is 12.3 Å². The van der Waals surface area contributed by atoms with Gasteiger partial charge in [-0.1, -0.05) is 0 Å². The summed E-state index contributed by atoms with van der Waals surface area (Å²) in [6, 6.07) is 2.75. The number of hydrogen-bond acceptors (Lipinski definition) is 5. The van der Waals surface area contributed by atoms with Crippen LogP contribution in [0.2, 0.25) is 0 Å². The van der Waals surface area contributed by atoms with Crippen molar-refractivity contribution in [1.82, 2.24) is 10.3 Å². The summed E-state index contributed by atoms with van der Waals surface area (Å²) >= 11 is 0. The van der Waals surface area contributed by atoms with E-state index < -0.39 is 0 Å². The van der Waals surface area contributed by atoms with Gasteiger partial charge in [0.15, 0.2) is 0 Å². The lowest BCUT2D eigenvalue weighted by atomic mass is 9.95. The minimum absolute atomic E-state index is 0.0480. The SMILES string of the molecule is CC1CC2(CN1)Cc1cc(N3C[C@@H](C)O[C@@H](C)C3)ncc1O2. The molecule has 1 N–H and O–H groups in total. The van der Waals surface area contributed by atoms with Crippen LogP contribution in [0.4, 0.5) is 5.82 Å². The third-order valence-electron chi connectivity index (χ3n) is 4.97. The number of nitrogens with zero attached hydrogens (tertiary/aromatic N) is 2. The second kappa shape index (κ2) is 5.10. The van der Waals surface area contributed by atoms with E-state index in [-0.39, 0.29) is 17.8 Å². The predicted octanol–water partition coefficient (Wildman–Crippen LogP) is 1.75. The molecule has 22 heavy (non-hydrogen) atoms. The topological polar surface area (TPSA) is 46.6 Å². The molecule has 5 nitrogen and oxygen atoms in total. The third-order valence-corrected chi connectivity index (χ3v) is 4.97. The molecule has 2 unspecified atom stereocenters. The maximum Gasteiger partial charge on any atom is 0.142 e. The fourth-order valence-corrected chi connectivity index (χ4v) is 4.13. The molecule has 5 heteroatoms. The van der Waals surface area contributed by atoms with Gasteiger partial charge in [0.2, 0.25) is 0 Å². The highest BCUT2D eigenvalue weighted by atomic mass is 16.5. The first-order valence-corrected chi connectivity index (χ1v) is 8.35. The van der Waals surface area contributed by atoms with Crippen LogP contribution in [0.25, 0.3) is 0 Å². The number of ether oxygens (including phenoxy) is 2. The van der Waals surface area contributed by atoms with Crippen molar-refractivity contribution < 1.29 is 9.47 Å². The monoisotopic (exact) mass is 303 g/mol. The van der Waals surface area contributed by atoms with Gasteiger partial charge in [0, 0.05) is 44.1 Å². The third kappa shape index (κ3) is 2.46. The van der Waals surface area contributed by atoms with Gasteiger partial charge in [-0.2, -0.15) is 0 Å². The standard InChI is InChI=1S/C17H25N3O2/c1-11-5-17(10-19-11)6-14-4-16(18-7-15(14)22-17)20-8-12(2)21-13(3)9-20/h4,7,11-13,19H,5-6,8-10H2,1-3H3/t11?,12-,13+,17?. The molecule has 2 saturated heterocycles. The van der Waals surface area contributed by atoms with E-state index in [2.05, 4.69) is 42.0 Å². The molecule has 2 fully saturated rings. The zero-order chi connectivity index (χ0) is 15.3. The largest absolute Gasteiger partial charge is 0.484 e. The van der Waals surface area contributed by atoms with E-state index >= 15 is 0 Å². The van der Waals surface area contributed by atoms with Crippen LogP contribution in [-0.4, -0.2) is 48.5 Å². The van der Waals surface area contributed by atoms with Gasteiger partial charge in [0.1, 0.15) is 17.2 Å². The van der Waals surface area contributed by atoms with E-state index in [1.165, 1.54) is 5.56 Å². The predicted molar refractivity (Wildman–Crippen MR) is 85.6 cm³/mol. The molecule has 0 aliphatic carbocycles. The fourth-order valence-electron chi connectivity index (χ4n) is 4.13. The molecule has 1 aromatic heterocycles. The zero-order valence-corrected chi connectivity index (χ0v) is 13.6. The molecule has 0 aromatic carbocycles. The molecule has 0 amide bonds. The lowest BCUT2D eigenvalue weighted by Crippen LogP contribution is -2.45. The van der Waals surface area contributed by atoms with Gasteiger partial charge in [-0.05, 0) is 26.8 Å². The molecule has 1 aromatic rings. The van der Waals surface area contributed by atoms with Crippen LogP contribution < -0.4 is 15.0 Å². The van der Waals surface area contributed by atoms with E-state index in [9.17, 15) is 0 Å². The van der Waals surface area contributed by atoms with Gasteiger partial charge < -0.3 is 19.7 Å². The number of aromatic nitrogens is 1. The first kappa shape index (κ1) is 14.3. The molecule has 0 saturated carbocycles. The maximum atomic E-state index is 6.24. The minimum Gasteiger partial charge on any atom is -0.484 e. The Labute approximate surface area is 132 Å². The van der Waals surface area contributed by atoms with Crippen LogP contribution in [0.1, 0.15) is 32.8 Å². The summed E-state index contributed by atoms with van der Waals surface area (Å²) in [5.74, 6) is 2.02. The Hall–Kier alpha value is -1.33. The van der Waals surface area contributed by atoms with E-state index in [0.717, 1.165) is 44.0 Å². The van der Waals surface area contributed by atoms with Gasteiger partial charge in [0.25, 0.3) is 0 Å². The van der Waals surface area contributed by atoms with Crippen molar-refractivity contribution >= 4 is 5.82 Å². The first-order chi connectivity index (χ1) is 10.5. The van der Waals surface area contributed by atoms with Gasteiger partial charge in [-0.15, -0.1) is 0 Å². The molecule has 3 aliphatic heterocycles. The molecule has 0 radical (unpaired) electrons. The second-order valence-electron chi connectivity index (χ2n) is 7.26. The summed E-state index contributed by atoms with van der Waals surface area (Å²) in [4.78, 5) is 6.97. The van der Waals surface area contributed by atoms with Crippen molar-refractivity contribution in [3.63, 3.8) is 0 Å². The summed E-state index contributed by atoms with van der Waals surface area (Å²) in [7, 11) is 0. The van der Waals surface area contributed by atoms with E-state index in [1.807, 2.05) is 6.20 Å². The molecule has 4 heterocycles. The second-order valence-corrected chi connectivity index (χ2v) is 7.26. The van der Waals surface area contributed by atoms with Gasteiger partial charge >= 0.3 is 0 Å². The average Bonchev–Trinajstić information content (AvgIpc) is 2.99. The Bertz CT molecular complexity index is 569. The number of hydrogen-bond donors (Lipinski definition) is 1. The number of anilines is 1. The highest BCUT2D eigenvalue weighted by molar-refractivity contribution is 5.49. The summed E-state index contributed by atoms with van der Waals surface area (Å²) < 4.78 is 12.1. The fraction of sp³-hybridized carbons (Fsp3) is 0.706. The van der Waals surface area contributed by atoms with Gasteiger partial charge in [-0.3, -0.25) is 0 Å². The van der Waals surface area contributed by atoms with Gasteiger partial charge in [0.05, 0.1) is 18.4 Å². The van der Waals surface area contributed by atoms with E-state index in [1.54, 1.807) is 0 Å². The highest BCUT2D eigenvalue weighted by Gasteiger charge is 2.44. The van der Waals surface area contributed by atoms with Crippen LogP contribution in [0.3, 0.4) is 0 Å². The highest BCUT2D eigenvalue weighted by Crippen LogP contribution is 2.40. The molecular weight excluding hydrogens is 278 g/mol. The Morgan fingerprint density at radius 2 is 2.05 bits per heavy atom. The first-order valence-electron chi connectivity index (χ1n) is 8.35. The Morgan fingerprint density at radius 3 is 2.73 bits per heavy atom. The Balaban J connectivity index is 1.55. The molecule has 4 atom stereocenters. The number of morpholine rings is 1. The molecular formula is C17H25N3O2. The van der Waals surface area contributed by atoms with E-state index in [0.29, 0.717) is 6.04 Å². The molecule has 1 spiro atoms. The van der Waals surface area contributed by atoms with Crippen molar-refractivity contribution in [2.45, 2.75) is 57.5 Å². The zero-order valence-electron chi connectivity index (χ0n) is 13.6. The number of pyridine rings is 1. The molecule has 4 rings (SSSR count). The van der Waals surface area contributed by atoms with Crippen molar-refractivity contribution in [2.24, 2.45) is 0 Å². The lowest BCUT2D eigenvalue weighted by molar-refractivity contribution is -0.00546. The van der Waals surface area contributed by atoms with Crippen LogP contribution >= 0.6 is 0 Å². The van der Waals surface area contributed by atoms with Crippen molar-refractivity contribution in [2.75, 3.05) is 24.5 Å². The van der Waals surface area contributed by atoms with Crippen molar-refractivity contribution in [3.8, 4) is 5.75 Å². The summed E-state index contributed by atoms with van der Waals surface area (Å²) in [6.45, 7) is 9.21. The average molecular weight is 303 g/mol. The van der Waals surface area contributed by atoms with Gasteiger partial charge in [-0.25, -0.2) is 4.98 Å². The van der Waals surface area contributed by atoms with Crippen molar-refractivity contribution in [3.05, 3.63) is 17.8 Å². The lowest BCUT2D eigenvalue weighted by Gasteiger charge is -2.36. The van der Waals surface area contributed by atoms with Crippen LogP contribution in [0, 0.1) is 0 Å². The quantitative estimate of drug-likeness (QED) is 0.856.